The van der Waals surface area contributed by atoms with E-state index in [1.165, 1.54) is 0 Å². The molecule has 5 rings (SSSR count). The van der Waals surface area contributed by atoms with Crippen molar-refractivity contribution >= 4 is 17.5 Å². The molecule has 3 fully saturated rings. The van der Waals surface area contributed by atoms with Crippen molar-refractivity contribution in [2.24, 2.45) is 17.8 Å². The Balaban J connectivity index is 1.43. The fourth-order valence-corrected chi connectivity index (χ4v) is 7.57. The predicted octanol–water partition coefficient (Wildman–Crippen LogP) is 4.55. The zero-order chi connectivity index (χ0) is 32.1. The number of aliphatic hydroxyl groups excluding tert-OH is 1. The lowest BCUT2D eigenvalue weighted by molar-refractivity contribution is -0.130. The number of rotatable bonds is 10. The highest BCUT2D eigenvalue weighted by Crippen LogP contribution is 2.34. The molecule has 1 aromatic heterocycles. The topological polar surface area (TPSA) is 107 Å². The van der Waals surface area contributed by atoms with Crippen molar-refractivity contribution in [3.05, 3.63) is 47.3 Å². The maximum Gasteiger partial charge on any atom is 0.251 e. The molecule has 3 saturated heterocycles. The normalized spacial score (nSPS) is 24.8. The summed E-state index contributed by atoms with van der Waals surface area (Å²) < 4.78 is 5.67. The summed E-state index contributed by atoms with van der Waals surface area (Å²) in [7, 11) is 0. The number of anilines is 1. The van der Waals surface area contributed by atoms with Crippen LogP contribution in [0.25, 0.3) is 11.1 Å². The van der Waals surface area contributed by atoms with Crippen LogP contribution in [0.2, 0.25) is 0 Å². The average molecular weight is 620 g/mol. The quantitative estimate of drug-likeness (QED) is 0.358. The second-order valence-corrected chi connectivity index (χ2v) is 13.7. The average Bonchev–Trinajstić information content (AvgIpc) is 3.02. The van der Waals surface area contributed by atoms with E-state index in [9.17, 15) is 14.7 Å². The molecule has 0 radical (unpaired) electrons. The van der Waals surface area contributed by atoms with E-state index in [1.807, 2.05) is 19.2 Å². The van der Waals surface area contributed by atoms with Crippen LogP contribution in [0.4, 0.5) is 5.69 Å². The van der Waals surface area contributed by atoms with Gasteiger partial charge in [0.1, 0.15) is 0 Å². The van der Waals surface area contributed by atoms with Crippen LogP contribution in [0.5, 0.6) is 0 Å². The molecule has 2 amide bonds. The molecule has 0 bridgehead atoms. The zero-order valence-electron chi connectivity index (χ0n) is 27.8. The number of piperidine rings is 2. The number of nitrogens with one attached hydrogen (secondary N) is 2. The van der Waals surface area contributed by atoms with Crippen molar-refractivity contribution in [1.29, 1.82) is 0 Å². The SMILES string of the molecule is CCN(c1cc(-c2ccc(CN3CCC[C@H](O)C3)nc2)cc(C(=O)NCC2C(=O)NC(C)CC2C(C)C)c1C)C1CCOCC1. The number of ether oxygens (including phenoxy) is 1. The number of nitrogens with zero attached hydrogens (tertiary/aromatic N) is 3. The first-order valence-electron chi connectivity index (χ1n) is 17.1. The summed E-state index contributed by atoms with van der Waals surface area (Å²) in [6.07, 6.45) is 6.32. The Hall–Kier alpha value is -3.01. The Bertz CT molecular complexity index is 1310. The molecule has 3 aliphatic heterocycles. The Morgan fingerprint density at radius 1 is 1.20 bits per heavy atom. The van der Waals surface area contributed by atoms with Crippen LogP contribution < -0.4 is 15.5 Å². The van der Waals surface area contributed by atoms with Gasteiger partial charge >= 0.3 is 0 Å². The first kappa shape index (κ1) is 33.4. The highest BCUT2D eigenvalue weighted by atomic mass is 16.5. The number of carbonyl (C=O) groups excluding carboxylic acids is 2. The minimum atomic E-state index is -0.266. The number of benzene rings is 1. The molecule has 1 aromatic carbocycles. The van der Waals surface area contributed by atoms with E-state index in [4.69, 9.17) is 9.72 Å². The van der Waals surface area contributed by atoms with E-state index in [1.54, 1.807) is 0 Å². The van der Waals surface area contributed by atoms with Crippen molar-refractivity contribution in [2.75, 3.05) is 44.3 Å². The Labute approximate surface area is 269 Å². The summed E-state index contributed by atoms with van der Waals surface area (Å²) in [5.41, 5.74) is 5.50. The van der Waals surface area contributed by atoms with Crippen molar-refractivity contribution in [3.63, 3.8) is 0 Å². The van der Waals surface area contributed by atoms with Gasteiger partial charge in [-0.15, -0.1) is 0 Å². The second-order valence-electron chi connectivity index (χ2n) is 13.7. The Kier molecular flexibility index (Phi) is 11.2. The van der Waals surface area contributed by atoms with Crippen LogP contribution in [-0.2, 0) is 16.1 Å². The molecule has 9 nitrogen and oxygen atoms in total. The summed E-state index contributed by atoms with van der Waals surface area (Å²) in [6, 6.07) is 8.81. The monoisotopic (exact) mass is 619 g/mol. The number of aromatic nitrogens is 1. The van der Waals surface area contributed by atoms with E-state index < -0.39 is 0 Å². The fraction of sp³-hybridized carbons (Fsp3) is 0.639. The van der Waals surface area contributed by atoms with E-state index >= 15 is 0 Å². The third-order valence-corrected chi connectivity index (χ3v) is 10.1. The van der Waals surface area contributed by atoms with Gasteiger partial charge in [0.2, 0.25) is 5.91 Å². The number of hydrogen-bond acceptors (Lipinski definition) is 7. The van der Waals surface area contributed by atoms with Gasteiger partial charge in [-0.25, -0.2) is 0 Å². The lowest BCUT2D eigenvalue weighted by Crippen LogP contribution is -2.52. The Morgan fingerprint density at radius 3 is 2.64 bits per heavy atom. The molecule has 0 aliphatic carbocycles. The van der Waals surface area contributed by atoms with Gasteiger partial charge < -0.3 is 25.4 Å². The number of likely N-dealkylation sites (tertiary alicyclic amines) is 1. The van der Waals surface area contributed by atoms with Crippen LogP contribution in [0, 0.1) is 24.7 Å². The number of hydrogen-bond donors (Lipinski definition) is 3. The second kappa shape index (κ2) is 15.1. The van der Waals surface area contributed by atoms with Gasteiger partial charge in [0.05, 0.1) is 17.7 Å². The molecule has 3 aliphatic rings. The van der Waals surface area contributed by atoms with Crippen LogP contribution in [0.1, 0.15) is 81.4 Å². The number of carbonyl (C=O) groups is 2. The molecule has 3 unspecified atom stereocenters. The van der Waals surface area contributed by atoms with Gasteiger partial charge in [-0.05, 0) is 101 Å². The predicted molar refractivity (Wildman–Crippen MR) is 178 cm³/mol. The summed E-state index contributed by atoms with van der Waals surface area (Å²) in [4.78, 5) is 36.4. The maximum atomic E-state index is 14.0. The maximum absolute atomic E-state index is 14.0. The smallest absolute Gasteiger partial charge is 0.251 e. The van der Waals surface area contributed by atoms with Crippen molar-refractivity contribution in [2.45, 2.75) is 91.5 Å². The van der Waals surface area contributed by atoms with Gasteiger partial charge in [-0.1, -0.05) is 19.9 Å². The summed E-state index contributed by atoms with van der Waals surface area (Å²) in [6.45, 7) is 15.6. The van der Waals surface area contributed by atoms with Gasteiger partial charge in [-0.2, -0.15) is 0 Å². The van der Waals surface area contributed by atoms with Gasteiger partial charge in [0.15, 0.2) is 0 Å². The van der Waals surface area contributed by atoms with Gasteiger partial charge in [0.25, 0.3) is 5.91 Å². The highest BCUT2D eigenvalue weighted by molar-refractivity contribution is 5.99. The largest absolute Gasteiger partial charge is 0.392 e. The van der Waals surface area contributed by atoms with Gasteiger partial charge in [0, 0.05) is 74.5 Å². The standard InChI is InChI=1S/C36H53N5O4/c1-6-41(29-11-14-45-15-12-29)34-18-27(26-9-10-28(37-19-26)21-40-13-7-8-30(42)22-40)17-32(25(34)5)35(43)38-20-33-31(23(2)3)16-24(4)39-36(33)44/h9-10,17-19,23-24,29-31,33,42H,6-8,11-16,20-22H2,1-5H3,(H,38,43)(H,39,44)/t24?,30-,31?,33?/m0/s1. The van der Waals surface area contributed by atoms with Gasteiger partial charge in [-0.3, -0.25) is 19.5 Å². The fourth-order valence-electron chi connectivity index (χ4n) is 7.57. The summed E-state index contributed by atoms with van der Waals surface area (Å²) >= 11 is 0. The number of β-amino-alcohol motifs (C(OH)–C–C–N with tert-alkyl or cyclic N) is 1. The van der Waals surface area contributed by atoms with E-state index in [2.05, 4.69) is 66.3 Å². The minimum absolute atomic E-state index is 0.0285. The van der Waals surface area contributed by atoms with Crippen LogP contribution in [-0.4, -0.2) is 84.4 Å². The minimum Gasteiger partial charge on any atom is -0.392 e. The molecule has 3 N–H and O–H groups in total. The molecule has 45 heavy (non-hydrogen) atoms. The molecular formula is C36H53N5O4. The summed E-state index contributed by atoms with van der Waals surface area (Å²) in [5, 5.41) is 16.3. The van der Waals surface area contributed by atoms with E-state index in [0.29, 0.717) is 37.2 Å². The number of pyridine rings is 1. The van der Waals surface area contributed by atoms with Crippen LogP contribution in [0.15, 0.2) is 30.5 Å². The van der Waals surface area contributed by atoms with Crippen LogP contribution in [0.3, 0.4) is 0 Å². The zero-order valence-corrected chi connectivity index (χ0v) is 27.8. The molecule has 0 saturated carbocycles. The van der Waals surface area contributed by atoms with E-state index in [-0.39, 0.29) is 35.8 Å². The lowest BCUT2D eigenvalue weighted by atomic mass is 9.76. The van der Waals surface area contributed by atoms with E-state index in [0.717, 1.165) is 86.5 Å². The van der Waals surface area contributed by atoms with Crippen molar-refractivity contribution in [1.82, 2.24) is 20.5 Å². The lowest BCUT2D eigenvalue weighted by Gasteiger charge is -2.37. The molecule has 9 heteroatoms. The third kappa shape index (κ3) is 8.05. The van der Waals surface area contributed by atoms with Crippen LogP contribution >= 0.6 is 0 Å². The molecule has 0 spiro atoms. The highest BCUT2D eigenvalue weighted by Gasteiger charge is 2.37. The molecule has 2 aromatic rings. The third-order valence-electron chi connectivity index (χ3n) is 10.1. The molecule has 4 heterocycles. The molecule has 4 atom stereocenters. The first-order valence-corrected chi connectivity index (χ1v) is 17.1. The first-order chi connectivity index (χ1) is 21.6. The van der Waals surface area contributed by atoms with Crippen molar-refractivity contribution < 1.29 is 19.4 Å². The number of aliphatic hydroxyl groups is 1. The van der Waals surface area contributed by atoms with Crippen molar-refractivity contribution in [3.8, 4) is 11.1 Å². The summed E-state index contributed by atoms with van der Waals surface area (Å²) in [5.74, 6) is 0.200. The number of amides is 2. The molecule has 246 valence electrons. The Morgan fingerprint density at radius 2 is 1.98 bits per heavy atom. The molecular weight excluding hydrogens is 566 g/mol.